The summed E-state index contributed by atoms with van der Waals surface area (Å²) in [6.45, 7) is 2.01. The number of hydrogen-bond donors (Lipinski definition) is 2. The van der Waals surface area contributed by atoms with Gasteiger partial charge in [-0.25, -0.2) is 0 Å². The molecule has 0 aromatic heterocycles. The van der Waals surface area contributed by atoms with Crippen molar-refractivity contribution in [2.75, 3.05) is 25.1 Å². The number of benzene rings is 1. The maximum Gasteiger partial charge on any atom is 0.229 e. The molecule has 104 valence electrons. The van der Waals surface area contributed by atoms with E-state index in [0.717, 1.165) is 38.0 Å². The third-order valence-electron chi connectivity index (χ3n) is 3.40. The van der Waals surface area contributed by atoms with Crippen LogP contribution in [0.2, 0.25) is 0 Å². The van der Waals surface area contributed by atoms with Crippen LogP contribution in [0.15, 0.2) is 24.3 Å². The number of rotatable bonds is 5. The summed E-state index contributed by atoms with van der Waals surface area (Å²) in [4.78, 5) is 12.1. The Balaban J connectivity index is 1.92. The predicted molar refractivity (Wildman–Crippen MR) is 76.0 cm³/mol. The second kappa shape index (κ2) is 7.26. The van der Waals surface area contributed by atoms with Crippen LogP contribution in [0.5, 0.6) is 0 Å². The number of ether oxygens (including phenoxy) is 1. The molecule has 1 amide bonds. The lowest BCUT2D eigenvalue weighted by atomic mass is 10.0. The molecule has 0 saturated carbocycles. The van der Waals surface area contributed by atoms with Crippen LogP contribution >= 0.6 is 0 Å². The van der Waals surface area contributed by atoms with Gasteiger partial charge in [-0.2, -0.15) is 0 Å². The Kier molecular flexibility index (Phi) is 5.36. The van der Waals surface area contributed by atoms with Gasteiger partial charge in [0.15, 0.2) is 0 Å². The molecule has 1 aromatic rings. The fourth-order valence-corrected chi connectivity index (χ4v) is 2.30. The topological polar surface area (TPSA) is 64.3 Å². The molecule has 1 fully saturated rings. The van der Waals surface area contributed by atoms with E-state index in [1.165, 1.54) is 5.56 Å². The van der Waals surface area contributed by atoms with E-state index in [-0.39, 0.29) is 11.8 Å². The molecule has 1 atom stereocenters. The van der Waals surface area contributed by atoms with Gasteiger partial charge in [0.1, 0.15) is 0 Å². The maximum absolute atomic E-state index is 12.1. The first-order valence-electron chi connectivity index (χ1n) is 6.97. The molecule has 1 unspecified atom stereocenters. The van der Waals surface area contributed by atoms with Gasteiger partial charge in [0, 0.05) is 12.3 Å². The number of carbonyl (C=O) groups excluding carboxylic acids is 1. The van der Waals surface area contributed by atoms with Crippen molar-refractivity contribution in [3.05, 3.63) is 29.8 Å². The quantitative estimate of drug-likeness (QED) is 0.852. The summed E-state index contributed by atoms with van der Waals surface area (Å²) >= 11 is 0. The van der Waals surface area contributed by atoms with Gasteiger partial charge in [0.2, 0.25) is 5.91 Å². The Bertz CT molecular complexity index is 414. The van der Waals surface area contributed by atoms with E-state index < -0.39 is 0 Å². The van der Waals surface area contributed by atoms with Crippen LogP contribution in [0, 0.1) is 5.92 Å². The number of amides is 1. The second-order valence-electron chi connectivity index (χ2n) is 5.00. The number of hydrogen-bond acceptors (Lipinski definition) is 3. The second-order valence-corrected chi connectivity index (χ2v) is 5.00. The van der Waals surface area contributed by atoms with Gasteiger partial charge in [-0.3, -0.25) is 4.79 Å². The molecule has 2 rings (SSSR count). The summed E-state index contributed by atoms with van der Waals surface area (Å²) in [5, 5.41) is 2.98. The normalized spacial score (nSPS) is 19.1. The van der Waals surface area contributed by atoms with Crippen molar-refractivity contribution in [2.45, 2.75) is 25.7 Å². The van der Waals surface area contributed by atoms with Crippen molar-refractivity contribution < 1.29 is 9.53 Å². The zero-order valence-corrected chi connectivity index (χ0v) is 11.2. The smallest absolute Gasteiger partial charge is 0.229 e. The van der Waals surface area contributed by atoms with Crippen molar-refractivity contribution in [3.8, 4) is 0 Å². The van der Waals surface area contributed by atoms with Crippen molar-refractivity contribution in [2.24, 2.45) is 11.7 Å². The summed E-state index contributed by atoms with van der Waals surface area (Å²) in [6, 6.07) is 7.98. The Morgan fingerprint density at radius 3 is 3.11 bits per heavy atom. The molecule has 4 nitrogen and oxygen atoms in total. The van der Waals surface area contributed by atoms with E-state index in [0.29, 0.717) is 13.2 Å². The zero-order valence-electron chi connectivity index (χ0n) is 11.2. The minimum Gasteiger partial charge on any atom is -0.381 e. The molecule has 1 saturated heterocycles. The van der Waals surface area contributed by atoms with Gasteiger partial charge in [-0.1, -0.05) is 12.1 Å². The Morgan fingerprint density at radius 2 is 2.37 bits per heavy atom. The van der Waals surface area contributed by atoms with Gasteiger partial charge < -0.3 is 15.8 Å². The molecule has 0 aliphatic carbocycles. The highest BCUT2D eigenvalue weighted by Crippen LogP contribution is 2.17. The summed E-state index contributed by atoms with van der Waals surface area (Å²) in [7, 11) is 0. The minimum atomic E-state index is -0.0125. The largest absolute Gasteiger partial charge is 0.381 e. The SMILES string of the molecule is NCCCc1cccc(NC(=O)C2CCCOC2)c1. The fraction of sp³-hybridized carbons (Fsp3) is 0.533. The molecule has 1 heterocycles. The maximum atomic E-state index is 12.1. The van der Waals surface area contributed by atoms with Crippen molar-refractivity contribution >= 4 is 11.6 Å². The lowest BCUT2D eigenvalue weighted by molar-refractivity contribution is -0.123. The molecule has 1 aromatic carbocycles. The highest BCUT2D eigenvalue weighted by Gasteiger charge is 2.21. The van der Waals surface area contributed by atoms with Crippen LogP contribution in [0.25, 0.3) is 0 Å². The molecule has 0 bridgehead atoms. The van der Waals surface area contributed by atoms with E-state index in [1.54, 1.807) is 0 Å². The average molecular weight is 262 g/mol. The van der Waals surface area contributed by atoms with Gasteiger partial charge in [-0.15, -0.1) is 0 Å². The van der Waals surface area contributed by atoms with Crippen LogP contribution in [0.3, 0.4) is 0 Å². The Morgan fingerprint density at radius 1 is 1.47 bits per heavy atom. The third kappa shape index (κ3) is 4.33. The van der Waals surface area contributed by atoms with Crippen LogP contribution in [-0.2, 0) is 16.0 Å². The van der Waals surface area contributed by atoms with Gasteiger partial charge >= 0.3 is 0 Å². The molecule has 19 heavy (non-hydrogen) atoms. The first-order chi connectivity index (χ1) is 9.29. The van der Waals surface area contributed by atoms with Crippen molar-refractivity contribution in [1.82, 2.24) is 0 Å². The van der Waals surface area contributed by atoms with Crippen LogP contribution < -0.4 is 11.1 Å². The van der Waals surface area contributed by atoms with Crippen LogP contribution in [-0.4, -0.2) is 25.7 Å². The van der Waals surface area contributed by atoms with Crippen molar-refractivity contribution in [3.63, 3.8) is 0 Å². The fourth-order valence-electron chi connectivity index (χ4n) is 2.30. The highest BCUT2D eigenvalue weighted by molar-refractivity contribution is 5.92. The number of nitrogens with two attached hydrogens (primary N) is 1. The van der Waals surface area contributed by atoms with E-state index in [4.69, 9.17) is 10.5 Å². The summed E-state index contributed by atoms with van der Waals surface area (Å²) in [5.74, 6) is 0.0529. The Labute approximate surface area is 114 Å². The monoisotopic (exact) mass is 262 g/mol. The summed E-state index contributed by atoms with van der Waals surface area (Å²) in [6.07, 6.45) is 3.80. The molecule has 4 heteroatoms. The first-order valence-corrected chi connectivity index (χ1v) is 6.97. The molecule has 1 aliphatic heterocycles. The number of carbonyl (C=O) groups is 1. The number of nitrogens with one attached hydrogen (secondary N) is 1. The van der Waals surface area contributed by atoms with E-state index in [2.05, 4.69) is 11.4 Å². The van der Waals surface area contributed by atoms with E-state index >= 15 is 0 Å². The first kappa shape index (κ1) is 14.0. The molecule has 0 radical (unpaired) electrons. The van der Waals surface area contributed by atoms with E-state index in [1.807, 2.05) is 18.2 Å². The van der Waals surface area contributed by atoms with Crippen molar-refractivity contribution in [1.29, 1.82) is 0 Å². The molecular weight excluding hydrogens is 240 g/mol. The lowest BCUT2D eigenvalue weighted by Crippen LogP contribution is -2.30. The van der Waals surface area contributed by atoms with Crippen LogP contribution in [0.4, 0.5) is 5.69 Å². The standard InChI is InChI=1S/C15H22N2O2/c16-8-2-5-12-4-1-7-14(10-12)17-15(18)13-6-3-9-19-11-13/h1,4,7,10,13H,2-3,5-6,8-9,11,16H2,(H,17,18). The molecule has 0 spiro atoms. The van der Waals surface area contributed by atoms with Crippen LogP contribution in [0.1, 0.15) is 24.8 Å². The predicted octanol–water partition coefficient (Wildman–Crippen LogP) is 1.94. The van der Waals surface area contributed by atoms with E-state index in [9.17, 15) is 4.79 Å². The van der Waals surface area contributed by atoms with Gasteiger partial charge in [0.25, 0.3) is 0 Å². The Hall–Kier alpha value is -1.39. The third-order valence-corrected chi connectivity index (χ3v) is 3.40. The lowest BCUT2D eigenvalue weighted by Gasteiger charge is -2.21. The zero-order chi connectivity index (χ0) is 13.5. The summed E-state index contributed by atoms with van der Waals surface area (Å²) < 4.78 is 5.34. The number of anilines is 1. The number of aryl methyl sites for hydroxylation is 1. The highest BCUT2D eigenvalue weighted by atomic mass is 16.5. The minimum absolute atomic E-state index is 0.0125. The van der Waals surface area contributed by atoms with Gasteiger partial charge in [-0.05, 0) is 49.9 Å². The molecule has 3 N–H and O–H groups in total. The van der Waals surface area contributed by atoms with Gasteiger partial charge in [0.05, 0.1) is 12.5 Å². The molecule has 1 aliphatic rings. The summed E-state index contributed by atoms with van der Waals surface area (Å²) in [5.41, 5.74) is 7.59. The average Bonchev–Trinajstić information content (AvgIpc) is 2.46. The molecular formula is C15H22N2O2.